The Bertz CT molecular complexity index is 409. The summed E-state index contributed by atoms with van der Waals surface area (Å²) in [6, 6.07) is 6.78. The lowest BCUT2D eigenvalue weighted by Gasteiger charge is -2.25. The summed E-state index contributed by atoms with van der Waals surface area (Å²) in [5, 5.41) is 11.3. The van der Waals surface area contributed by atoms with Crippen LogP contribution in [0.3, 0.4) is 0 Å². The fourth-order valence-corrected chi connectivity index (χ4v) is 1.80. The van der Waals surface area contributed by atoms with Gasteiger partial charge in [0.05, 0.1) is 0 Å². The van der Waals surface area contributed by atoms with Crippen LogP contribution in [0.15, 0.2) is 29.4 Å². The maximum Gasteiger partial charge on any atom is 0.139 e. The first-order chi connectivity index (χ1) is 8.56. The monoisotopic (exact) mass is 253 g/mol. The van der Waals surface area contributed by atoms with Crippen LogP contribution in [0.1, 0.15) is 31.4 Å². The van der Waals surface area contributed by atoms with Gasteiger partial charge in [-0.25, -0.2) is 4.39 Å². The molecule has 100 valence electrons. The maximum absolute atomic E-state index is 13.6. The molecule has 0 aliphatic rings. The second-order valence-corrected chi connectivity index (χ2v) is 4.37. The first-order valence-electron chi connectivity index (χ1n) is 5.97. The van der Waals surface area contributed by atoms with E-state index >= 15 is 0 Å². The third kappa shape index (κ3) is 4.00. The predicted molar refractivity (Wildman–Crippen MR) is 70.1 cm³/mol. The van der Waals surface area contributed by atoms with Crippen LogP contribution in [0.5, 0.6) is 0 Å². The molecule has 1 unspecified atom stereocenters. The molecule has 18 heavy (non-hydrogen) atoms. The first-order valence-corrected chi connectivity index (χ1v) is 5.97. The summed E-state index contributed by atoms with van der Waals surface area (Å²) in [6.07, 6.45) is 1.30. The molecule has 0 amide bonds. The van der Waals surface area contributed by atoms with Crippen molar-refractivity contribution >= 4 is 5.84 Å². The number of amidine groups is 1. The predicted octanol–water partition coefficient (Wildman–Crippen LogP) is 2.35. The van der Waals surface area contributed by atoms with Crippen molar-refractivity contribution in [2.75, 3.05) is 13.6 Å². The first kappa shape index (κ1) is 14.4. The lowest BCUT2D eigenvalue weighted by Crippen LogP contribution is -2.25. The van der Waals surface area contributed by atoms with Gasteiger partial charge in [0.25, 0.3) is 0 Å². The molecule has 0 bridgehead atoms. The minimum atomic E-state index is -0.187. The Hall–Kier alpha value is -1.62. The lowest BCUT2D eigenvalue weighted by atomic mass is 10.1. The van der Waals surface area contributed by atoms with Crippen molar-refractivity contribution in [1.29, 1.82) is 0 Å². The van der Waals surface area contributed by atoms with Gasteiger partial charge in [0.2, 0.25) is 0 Å². The second kappa shape index (κ2) is 6.96. The molecule has 5 heteroatoms. The Morgan fingerprint density at radius 1 is 1.50 bits per heavy atom. The van der Waals surface area contributed by atoms with Gasteiger partial charge in [-0.2, -0.15) is 0 Å². The molecule has 1 aromatic rings. The summed E-state index contributed by atoms with van der Waals surface area (Å²) in [5.41, 5.74) is 6.08. The average Bonchev–Trinajstić information content (AvgIpc) is 2.38. The smallest absolute Gasteiger partial charge is 0.139 e. The van der Waals surface area contributed by atoms with Crippen LogP contribution >= 0.6 is 0 Å². The van der Waals surface area contributed by atoms with Gasteiger partial charge >= 0.3 is 0 Å². The Labute approximate surface area is 107 Å². The van der Waals surface area contributed by atoms with Gasteiger partial charge in [0, 0.05) is 18.0 Å². The average molecular weight is 253 g/mol. The summed E-state index contributed by atoms with van der Waals surface area (Å²) in [7, 11) is 1.93. The molecule has 0 radical (unpaired) electrons. The zero-order valence-corrected chi connectivity index (χ0v) is 10.8. The van der Waals surface area contributed by atoms with Crippen molar-refractivity contribution in [2.24, 2.45) is 10.9 Å². The van der Waals surface area contributed by atoms with Crippen molar-refractivity contribution in [3.8, 4) is 0 Å². The SMILES string of the molecule is CC(c1ccccc1F)N(C)CCCC(N)=NO. The number of nitrogens with zero attached hydrogens (tertiary/aromatic N) is 2. The number of oxime groups is 1. The Morgan fingerprint density at radius 2 is 2.17 bits per heavy atom. The quantitative estimate of drug-likeness (QED) is 0.354. The van der Waals surface area contributed by atoms with E-state index in [9.17, 15) is 4.39 Å². The molecule has 0 aliphatic heterocycles. The van der Waals surface area contributed by atoms with Gasteiger partial charge in [0.1, 0.15) is 11.7 Å². The van der Waals surface area contributed by atoms with Crippen LogP contribution in [-0.2, 0) is 0 Å². The second-order valence-electron chi connectivity index (χ2n) is 4.37. The minimum absolute atomic E-state index is 0.00140. The number of halogens is 1. The number of hydrogen-bond acceptors (Lipinski definition) is 3. The molecule has 0 heterocycles. The standard InChI is InChI=1S/C13H20FN3O/c1-10(11-6-3-4-7-12(11)14)17(2)9-5-8-13(15)16-18/h3-4,6-7,10,18H,5,8-9H2,1-2H3,(H2,15,16). The molecule has 1 aromatic carbocycles. The molecule has 0 saturated carbocycles. The third-order valence-corrected chi connectivity index (χ3v) is 3.09. The summed E-state index contributed by atoms with van der Waals surface area (Å²) in [6.45, 7) is 2.72. The van der Waals surface area contributed by atoms with Crippen LogP contribution < -0.4 is 5.73 Å². The Balaban J connectivity index is 2.52. The molecule has 0 saturated heterocycles. The highest BCUT2D eigenvalue weighted by atomic mass is 19.1. The van der Waals surface area contributed by atoms with Crippen LogP contribution in [0.4, 0.5) is 4.39 Å². The van der Waals surface area contributed by atoms with Crippen molar-refractivity contribution in [1.82, 2.24) is 4.90 Å². The molecule has 0 aromatic heterocycles. The number of hydrogen-bond donors (Lipinski definition) is 2. The zero-order valence-electron chi connectivity index (χ0n) is 10.8. The summed E-state index contributed by atoms with van der Waals surface area (Å²) in [4.78, 5) is 2.04. The van der Waals surface area contributed by atoms with E-state index in [4.69, 9.17) is 10.9 Å². The van der Waals surface area contributed by atoms with Crippen LogP contribution in [0.2, 0.25) is 0 Å². The largest absolute Gasteiger partial charge is 0.409 e. The maximum atomic E-state index is 13.6. The van der Waals surface area contributed by atoms with Gasteiger partial charge in [-0.1, -0.05) is 23.4 Å². The van der Waals surface area contributed by atoms with Gasteiger partial charge < -0.3 is 10.9 Å². The normalized spacial score (nSPS) is 13.9. The Kier molecular flexibility index (Phi) is 5.58. The number of nitrogens with two attached hydrogens (primary N) is 1. The zero-order chi connectivity index (χ0) is 13.5. The highest BCUT2D eigenvalue weighted by Gasteiger charge is 2.14. The highest BCUT2D eigenvalue weighted by Crippen LogP contribution is 2.21. The molecular weight excluding hydrogens is 233 g/mol. The topological polar surface area (TPSA) is 61.8 Å². The molecule has 0 spiro atoms. The van der Waals surface area contributed by atoms with E-state index in [-0.39, 0.29) is 17.7 Å². The van der Waals surface area contributed by atoms with Crippen molar-refractivity contribution in [3.63, 3.8) is 0 Å². The van der Waals surface area contributed by atoms with Crippen LogP contribution in [0.25, 0.3) is 0 Å². The minimum Gasteiger partial charge on any atom is -0.409 e. The number of rotatable bonds is 6. The molecule has 0 fully saturated rings. The van der Waals surface area contributed by atoms with E-state index in [1.807, 2.05) is 24.9 Å². The fraction of sp³-hybridized carbons (Fsp3) is 0.462. The molecule has 3 N–H and O–H groups in total. The molecule has 1 rings (SSSR count). The molecule has 0 aliphatic carbocycles. The molecule has 1 atom stereocenters. The van der Waals surface area contributed by atoms with Crippen molar-refractivity contribution in [3.05, 3.63) is 35.6 Å². The van der Waals surface area contributed by atoms with E-state index in [0.717, 1.165) is 13.0 Å². The summed E-state index contributed by atoms with van der Waals surface area (Å²) in [5.74, 6) is 0.0372. The highest BCUT2D eigenvalue weighted by molar-refractivity contribution is 5.79. The van der Waals surface area contributed by atoms with Crippen LogP contribution in [0, 0.1) is 5.82 Å². The van der Waals surface area contributed by atoms with Gasteiger partial charge in [0.15, 0.2) is 0 Å². The van der Waals surface area contributed by atoms with E-state index < -0.39 is 0 Å². The van der Waals surface area contributed by atoms with Crippen LogP contribution in [-0.4, -0.2) is 29.5 Å². The molecule has 4 nitrogen and oxygen atoms in total. The van der Waals surface area contributed by atoms with E-state index in [1.54, 1.807) is 12.1 Å². The van der Waals surface area contributed by atoms with E-state index in [2.05, 4.69) is 5.16 Å². The fourth-order valence-electron chi connectivity index (χ4n) is 1.80. The number of benzene rings is 1. The van der Waals surface area contributed by atoms with Gasteiger partial charge in [-0.15, -0.1) is 0 Å². The summed E-state index contributed by atoms with van der Waals surface area (Å²) >= 11 is 0. The lowest BCUT2D eigenvalue weighted by molar-refractivity contribution is 0.254. The Morgan fingerprint density at radius 3 is 2.78 bits per heavy atom. The van der Waals surface area contributed by atoms with E-state index in [1.165, 1.54) is 6.07 Å². The van der Waals surface area contributed by atoms with Crippen molar-refractivity contribution < 1.29 is 9.60 Å². The van der Waals surface area contributed by atoms with Crippen molar-refractivity contribution in [2.45, 2.75) is 25.8 Å². The summed E-state index contributed by atoms with van der Waals surface area (Å²) < 4.78 is 13.6. The third-order valence-electron chi connectivity index (χ3n) is 3.09. The van der Waals surface area contributed by atoms with Gasteiger partial charge in [-0.3, -0.25) is 4.90 Å². The van der Waals surface area contributed by atoms with E-state index in [0.29, 0.717) is 12.0 Å². The molecular formula is C13H20FN3O. The van der Waals surface area contributed by atoms with Gasteiger partial charge in [-0.05, 0) is 33.0 Å².